The van der Waals surface area contributed by atoms with Gasteiger partial charge in [-0.15, -0.1) is 0 Å². The summed E-state index contributed by atoms with van der Waals surface area (Å²) in [6.07, 6.45) is 0. The van der Waals surface area contributed by atoms with Gasteiger partial charge >= 0.3 is 6.03 Å². The number of hydrogen-bond donors (Lipinski definition) is 3. The summed E-state index contributed by atoms with van der Waals surface area (Å²) in [5.41, 5.74) is 5.42. The van der Waals surface area contributed by atoms with E-state index < -0.39 is 11.9 Å². The van der Waals surface area contributed by atoms with Gasteiger partial charge in [-0.25, -0.2) is 4.79 Å². The first kappa shape index (κ1) is 16.3. The Balaban J connectivity index is 2.48. The molecule has 114 valence electrons. The van der Waals surface area contributed by atoms with Gasteiger partial charge in [-0.2, -0.15) is 0 Å². The molecule has 0 radical (unpaired) electrons. The van der Waals surface area contributed by atoms with E-state index in [0.29, 0.717) is 11.4 Å². The number of nitrogens with zero attached hydrogens (tertiary/aromatic N) is 1. The van der Waals surface area contributed by atoms with Crippen LogP contribution in [-0.2, 0) is 9.59 Å². The van der Waals surface area contributed by atoms with Gasteiger partial charge in [0.05, 0.1) is 20.2 Å². The number of urea groups is 1. The topological polar surface area (TPSA) is 114 Å². The van der Waals surface area contributed by atoms with Crippen LogP contribution in [0.5, 0.6) is 5.75 Å². The van der Waals surface area contributed by atoms with E-state index in [0.717, 1.165) is 0 Å². The van der Waals surface area contributed by atoms with Gasteiger partial charge in [0.25, 0.3) is 0 Å². The summed E-state index contributed by atoms with van der Waals surface area (Å²) in [6.45, 7) is -0.394. The minimum absolute atomic E-state index is 0.142. The first-order valence-electron chi connectivity index (χ1n) is 6.13. The lowest BCUT2D eigenvalue weighted by Gasteiger charge is -2.17. The molecule has 1 aromatic rings. The lowest BCUT2D eigenvalue weighted by Crippen LogP contribution is -2.42. The van der Waals surface area contributed by atoms with E-state index >= 15 is 0 Å². The van der Waals surface area contributed by atoms with Crippen molar-refractivity contribution in [3.8, 4) is 5.75 Å². The molecule has 8 nitrogen and oxygen atoms in total. The summed E-state index contributed by atoms with van der Waals surface area (Å²) in [5, 5.41) is 4.81. The van der Waals surface area contributed by atoms with E-state index in [4.69, 9.17) is 10.5 Å². The van der Waals surface area contributed by atoms with Gasteiger partial charge in [0.2, 0.25) is 11.8 Å². The zero-order valence-electron chi connectivity index (χ0n) is 11.9. The monoisotopic (exact) mass is 294 g/mol. The molecule has 0 aliphatic carbocycles. The zero-order valence-corrected chi connectivity index (χ0v) is 11.9. The van der Waals surface area contributed by atoms with Gasteiger partial charge < -0.3 is 26.0 Å². The van der Waals surface area contributed by atoms with E-state index in [1.54, 1.807) is 24.3 Å². The minimum Gasteiger partial charge on any atom is -0.497 e. The average Bonchev–Trinajstić information content (AvgIpc) is 2.44. The number of rotatable bonds is 6. The van der Waals surface area contributed by atoms with Crippen LogP contribution in [-0.4, -0.2) is 50.0 Å². The van der Waals surface area contributed by atoms with E-state index in [-0.39, 0.29) is 19.0 Å². The van der Waals surface area contributed by atoms with Crippen molar-refractivity contribution in [1.29, 1.82) is 0 Å². The maximum atomic E-state index is 11.8. The van der Waals surface area contributed by atoms with Crippen LogP contribution in [0, 0.1) is 0 Å². The number of ether oxygens (including phenoxy) is 1. The molecule has 8 heteroatoms. The predicted molar refractivity (Wildman–Crippen MR) is 76.8 cm³/mol. The molecule has 1 rings (SSSR count). The number of likely N-dealkylation sites (N-methyl/N-ethyl adjacent to an activating group) is 1. The largest absolute Gasteiger partial charge is 0.497 e. The first-order valence-corrected chi connectivity index (χ1v) is 6.13. The van der Waals surface area contributed by atoms with Crippen LogP contribution in [0.3, 0.4) is 0 Å². The highest BCUT2D eigenvalue weighted by atomic mass is 16.5. The fourth-order valence-corrected chi connectivity index (χ4v) is 1.50. The standard InChI is InChI=1S/C13H18N4O4/c1-17(12(19)7-15-13(14)20)8-11(18)16-9-4-3-5-10(6-9)21-2/h3-6H,7-8H2,1-2H3,(H,16,18)(H3,14,15,20). The van der Waals surface area contributed by atoms with Crippen molar-refractivity contribution in [2.75, 3.05) is 32.6 Å². The van der Waals surface area contributed by atoms with Crippen LogP contribution in [0.25, 0.3) is 0 Å². The van der Waals surface area contributed by atoms with E-state index in [9.17, 15) is 14.4 Å². The molecule has 0 aliphatic rings. The third-order valence-electron chi connectivity index (χ3n) is 2.57. The van der Waals surface area contributed by atoms with Crippen molar-refractivity contribution in [2.45, 2.75) is 0 Å². The number of nitrogens with two attached hydrogens (primary N) is 1. The number of amides is 4. The molecule has 0 fully saturated rings. The number of primary amides is 1. The summed E-state index contributed by atoms with van der Waals surface area (Å²) in [4.78, 5) is 35.1. The van der Waals surface area contributed by atoms with E-state index in [1.807, 2.05) is 0 Å². The van der Waals surface area contributed by atoms with E-state index in [2.05, 4.69) is 10.6 Å². The second-order valence-corrected chi connectivity index (χ2v) is 4.25. The van der Waals surface area contributed by atoms with Gasteiger partial charge in [0, 0.05) is 18.8 Å². The molecule has 0 unspecified atom stereocenters. The summed E-state index contributed by atoms with van der Waals surface area (Å²) in [5.74, 6) is -0.171. The maximum Gasteiger partial charge on any atom is 0.312 e. The maximum absolute atomic E-state index is 11.8. The lowest BCUT2D eigenvalue weighted by atomic mass is 10.3. The predicted octanol–water partition coefficient (Wildman–Crippen LogP) is -0.240. The number of benzene rings is 1. The Hall–Kier alpha value is -2.77. The highest BCUT2D eigenvalue weighted by molar-refractivity contribution is 5.95. The fraction of sp³-hybridized carbons (Fsp3) is 0.308. The van der Waals surface area contributed by atoms with Crippen molar-refractivity contribution in [3.63, 3.8) is 0 Å². The second kappa shape index (κ2) is 7.73. The van der Waals surface area contributed by atoms with Crippen molar-refractivity contribution < 1.29 is 19.1 Å². The molecular weight excluding hydrogens is 276 g/mol. The number of carbonyl (C=O) groups is 3. The van der Waals surface area contributed by atoms with Crippen LogP contribution in [0.1, 0.15) is 0 Å². The number of hydrogen-bond acceptors (Lipinski definition) is 4. The Morgan fingerprint density at radius 2 is 2.05 bits per heavy atom. The van der Waals surface area contributed by atoms with Crippen LogP contribution in [0.15, 0.2) is 24.3 Å². The molecular formula is C13H18N4O4. The van der Waals surface area contributed by atoms with Crippen molar-refractivity contribution in [3.05, 3.63) is 24.3 Å². The molecule has 0 saturated carbocycles. The van der Waals surface area contributed by atoms with Crippen LogP contribution < -0.4 is 21.1 Å². The molecule has 4 amide bonds. The van der Waals surface area contributed by atoms with Crippen molar-refractivity contribution in [2.24, 2.45) is 5.73 Å². The molecule has 0 atom stereocenters. The van der Waals surface area contributed by atoms with Crippen molar-refractivity contribution in [1.82, 2.24) is 10.2 Å². The summed E-state index contributed by atoms with van der Waals surface area (Å²) >= 11 is 0. The van der Waals surface area contributed by atoms with Gasteiger partial charge in [-0.05, 0) is 12.1 Å². The Bertz CT molecular complexity index is 533. The molecule has 0 spiro atoms. The molecule has 4 N–H and O–H groups in total. The highest BCUT2D eigenvalue weighted by Gasteiger charge is 2.13. The van der Waals surface area contributed by atoms with Crippen LogP contribution in [0.4, 0.5) is 10.5 Å². The highest BCUT2D eigenvalue weighted by Crippen LogP contribution is 2.16. The van der Waals surface area contributed by atoms with Gasteiger partial charge in [0.15, 0.2) is 0 Å². The minimum atomic E-state index is -0.794. The van der Waals surface area contributed by atoms with Gasteiger partial charge in [-0.3, -0.25) is 9.59 Å². The third kappa shape index (κ3) is 5.81. The summed E-state index contributed by atoms with van der Waals surface area (Å²) < 4.78 is 5.04. The second-order valence-electron chi connectivity index (χ2n) is 4.25. The smallest absolute Gasteiger partial charge is 0.312 e. The molecule has 0 aliphatic heterocycles. The van der Waals surface area contributed by atoms with Gasteiger partial charge in [-0.1, -0.05) is 6.07 Å². The molecule has 0 heterocycles. The number of carbonyl (C=O) groups excluding carboxylic acids is 3. The fourth-order valence-electron chi connectivity index (χ4n) is 1.50. The number of methoxy groups -OCH3 is 1. The molecule has 0 saturated heterocycles. The quantitative estimate of drug-likeness (QED) is 0.672. The van der Waals surface area contributed by atoms with Crippen molar-refractivity contribution >= 4 is 23.5 Å². The summed E-state index contributed by atoms with van der Waals surface area (Å²) in [7, 11) is 2.98. The average molecular weight is 294 g/mol. The SMILES string of the molecule is COc1cccc(NC(=O)CN(C)C(=O)CNC(N)=O)c1. The number of anilines is 1. The summed E-state index contributed by atoms with van der Waals surface area (Å²) in [6, 6.07) is 6.06. The zero-order chi connectivity index (χ0) is 15.8. The Labute approximate surface area is 122 Å². The Morgan fingerprint density at radius 1 is 1.33 bits per heavy atom. The number of nitrogens with one attached hydrogen (secondary N) is 2. The third-order valence-corrected chi connectivity index (χ3v) is 2.57. The van der Waals surface area contributed by atoms with E-state index in [1.165, 1.54) is 19.1 Å². The Kier molecular flexibility index (Phi) is 5.99. The Morgan fingerprint density at radius 3 is 2.67 bits per heavy atom. The lowest BCUT2D eigenvalue weighted by molar-refractivity contribution is -0.132. The molecule has 0 aromatic heterocycles. The molecule has 1 aromatic carbocycles. The van der Waals surface area contributed by atoms with Gasteiger partial charge in [0.1, 0.15) is 5.75 Å². The molecule has 21 heavy (non-hydrogen) atoms. The van der Waals surface area contributed by atoms with Crippen LogP contribution in [0.2, 0.25) is 0 Å². The normalized spacial score (nSPS) is 9.62. The molecule has 0 bridgehead atoms. The first-order chi connectivity index (χ1) is 9.92. The van der Waals surface area contributed by atoms with Crippen LogP contribution >= 0.6 is 0 Å².